The maximum atomic E-state index is 12.4. The first-order chi connectivity index (χ1) is 11.9. The summed E-state index contributed by atoms with van der Waals surface area (Å²) < 4.78 is 9.89. The van der Waals surface area contributed by atoms with Crippen LogP contribution in [0.3, 0.4) is 0 Å². The van der Waals surface area contributed by atoms with Crippen molar-refractivity contribution in [2.24, 2.45) is 11.8 Å². The lowest BCUT2D eigenvalue weighted by atomic mass is 9.93. The van der Waals surface area contributed by atoms with Gasteiger partial charge in [-0.25, -0.2) is 0 Å². The van der Waals surface area contributed by atoms with E-state index in [1.807, 2.05) is 0 Å². The number of ether oxygens (including phenoxy) is 2. The smallest absolute Gasteiger partial charge is 0.320 e. The highest BCUT2D eigenvalue weighted by Gasteiger charge is 2.41. The molecule has 1 unspecified atom stereocenters. The van der Waals surface area contributed by atoms with Gasteiger partial charge in [0.25, 0.3) is 11.8 Å². The Labute approximate surface area is 145 Å². The molecule has 0 saturated carbocycles. The molecule has 0 fully saturated rings. The number of esters is 2. The van der Waals surface area contributed by atoms with Crippen molar-refractivity contribution in [3.8, 4) is 0 Å². The number of fused-ring (bicyclic) bond motifs is 1. The third-order valence-corrected chi connectivity index (χ3v) is 4.00. The molecule has 0 N–H and O–H groups in total. The van der Waals surface area contributed by atoms with Crippen LogP contribution < -0.4 is 0 Å². The van der Waals surface area contributed by atoms with E-state index in [9.17, 15) is 19.2 Å². The van der Waals surface area contributed by atoms with Crippen LogP contribution in [0, 0.1) is 11.8 Å². The predicted molar refractivity (Wildman–Crippen MR) is 87.7 cm³/mol. The molecular formula is C18H21NO6. The Morgan fingerprint density at radius 3 is 1.80 bits per heavy atom. The molecule has 0 spiro atoms. The van der Waals surface area contributed by atoms with Gasteiger partial charge in [-0.15, -0.1) is 0 Å². The van der Waals surface area contributed by atoms with Crippen LogP contribution in [0.25, 0.3) is 0 Å². The van der Waals surface area contributed by atoms with E-state index in [1.165, 1.54) is 0 Å². The van der Waals surface area contributed by atoms with Crippen LogP contribution in [0.5, 0.6) is 0 Å². The number of hydrogen-bond donors (Lipinski definition) is 0. The van der Waals surface area contributed by atoms with Crippen molar-refractivity contribution in [1.29, 1.82) is 0 Å². The molecule has 0 aromatic heterocycles. The molecule has 2 rings (SSSR count). The zero-order valence-electron chi connectivity index (χ0n) is 14.5. The monoisotopic (exact) mass is 347 g/mol. The molecule has 0 aliphatic carbocycles. The summed E-state index contributed by atoms with van der Waals surface area (Å²) in [5.41, 5.74) is 0.645. The number of carbonyl (C=O) groups is 4. The average molecular weight is 347 g/mol. The molecule has 1 aromatic carbocycles. The zero-order valence-corrected chi connectivity index (χ0v) is 14.5. The Bertz CT molecular complexity index is 646. The first-order valence-corrected chi connectivity index (χ1v) is 8.20. The summed E-state index contributed by atoms with van der Waals surface area (Å²) >= 11 is 0. The number of hydrogen-bond acceptors (Lipinski definition) is 6. The first-order valence-electron chi connectivity index (χ1n) is 8.20. The number of carbonyl (C=O) groups excluding carboxylic acids is 4. The van der Waals surface area contributed by atoms with Crippen molar-refractivity contribution in [2.45, 2.75) is 20.8 Å². The van der Waals surface area contributed by atoms with E-state index in [4.69, 9.17) is 9.47 Å². The largest absolute Gasteiger partial charge is 0.465 e. The van der Waals surface area contributed by atoms with Crippen molar-refractivity contribution >= 4 is 23.8 Å². The second kappa shape index (κ2) is 7.92. The summed E-state index contributed by atoms with van der Waals surface area (Å²) in [6.07, 6.45) is 0. The van der Waals surface area contributed by atoms with E-state index in [-0.39, 0.29) is 19.8 Å². The molecule has 1 aliphatic rings. The fourth-order valence-electron chi connectivity index (χ4n) is 2.82. The maximum absolute atomic E-state index is 12.4. The zero-order chi connectivity index (χ0) is 18.6. The third-order valence-electron chi connectivity index (χ3n) is 4.00. The minimum absolute atomic E-state index is 0.0748. The number of amides is 2. The topological polar surface area (TPSA) is 90.0 Å². The Morgan fingerprint density at radius 2 is 1.40 bits per heavy atom. The molecule has 1 heterocycles. The van der Waals surface area contributed by atoms with Gasteiger partial charge in [0.1, 0.15) is 0 Å². The number of rotatable bonds is 7. The molecule has 0 saturated heterocycles. The van der Waals surface area contributed by atoms with Gasteiger partial charge in [0, 0.05) is 6.54 Å². The molecule has 0 bridgehead atoms. The third kappa shape index (κ3) is 3.70. The Balaban J connectivity index is 2.19. The highest BCUT2D eigenvalue weighted by molar-refractivity contribution is 6.21. The second-order valence-electron chi connectivity index (χ2n) is 5.73. The van der Waals surface area contributed by atoms with E-state index >= 15 is 0 Å². The average Bonchev–Trinajstić information content (AvgIpc) is 2.81. The molecule has 7 heteroatoms. The van der Waals surface area contributed by atoms with E-state index in [1.54, 1.807) is 45.0 Å². The van der Waals surface area contributed by atoms with Gasteiger partial charge in [-0.1, -0.05) is 19.1 Å². The van der Waals surface area contributed by atoms with Crippen LogP contribution in [-0.2, 0) is 19.1 Å². The van der Waals surface area contributed by atoms with Gasteiger partial charge in [0.15, 0.2) is 5.92 Å². The summed E-state index contributed by atoms with van der Waals surface area (Å²) in [5, 5.41) is 0. The van der Waals surface area contributed by atoms with Crippen molar-refractivity contribution in [3.05, 3.63) is 35.4 Å². The molecule has 134 valence electrons. The highest BCUT2D eigenvalue weighted by atomic mass is 16.6. The van der Waals surface area contributed by atoms with Crippen LogP contribution in [0.1, 0.15) is 41.5 Å². The van der Waals surface area contributed by atoms with Crippen molar-refractivity contribution in [1.82, 2.24) is 4.90 Å². The van der Waals surface area contributed by atoms with Crippen molar-refractivity contribution in [3.63, 3.8) is 0 Å². The lowest BCUT2D eigenvalue weighted by Gasteiger charge is -2.24. The minimum Gasteiger partial charge on any atom is -0.465 e. The molecule has 7 nitrogen and oxygen atoms in total. The Hall–Kier alpha value is -2.70. The molecule has 0 radical (unpaired) electrons. The quantitative estimate of drug-likeness (QED) is 0.423. The molecule has 2 amide bonds. The predicted octanol–water partition coefficient (Wildman–Crippen LogP) is 1.66. The fraction of sp³-hybridized carbons (Fsp3) is 0.444. The Kier molecular flexibility index (Phi) is 5.90. The van der Waals surface area contributed by atoms with E-state index in [0.717, 1.165) is 4.90 Å². The summed E-state index contributed by atoms with van der Waals surface area (Å²) in [5.74, 6) is -4.13. The van der Waals surface area contributed by atoms with Gasteiger partial charge in [0.05, 0.1) is 24.3 Å². The normalized spacial score (nSPS) is 14.5. The Morgan fingerprint density at radius 1 is 0.960 bits per heavy atom. The van der Waals surface area contributed by atoms with E-state index in [2.05, 4.69) is 0 Å². The van der Waals surface area contributed by atoms with Gasteiger partial charge in [-0.3, -0.25) is 24.1 Å². The standard InChI is InChI=1S/C18H21NO6/c1-4-24-17(22)14(18(23)25-5-2)11(3)10-19-15(20)12-8-6-7-9-13(12)16(19)21/h6-9,11,14H,4-5,10H2,1-3H3. The van der Waals surface area contributed by atoms with Gasteiger partial charge in [-0.05, 0) is 31.9 Å². The van der Waals surface area contributed by atoms with Gasteiger partial charge < -0.3 is 9.47 Å². The minimum atomic E-state index is -1.19. The lowest BCUT2D eigenvalue weighted by Crippen LogP contribution is -2.41. The van der Waals surface area contributed by atoms with Gasteiger partial charge >= 0.3 is 11.9 Å². The van der Waals surface area contributed by atoms with Gasteiger partial charge in [-0.2, -0.15) is 0 Å². The number of nitrogens with zero attached hydrogens (tertiary/aromatic N) is 1. The lowest BCUT2D eigenvalue weighted by molar-refractivity contribution is -0.164. The summed E-state index contributed by atoms with van der Waals surface area (Å²) in [6.45, 7) is 5.05. The molecule has 1 aromatic rings. The maximum Gasteiger partial charge on any atom is 0.320 e. The van der Waals surface area contributed by atoms with E-state index in [0.29, 0.717) is 11.1 Å². The van der Waals surface area contributed by atoms with Crippen LogP contribution in [0.15, 0.2) is 24.3 Å². The summed E-state index contributed by atoms with van der Waals surface area (Å²) in [4.78, 5) is 50.2. The summed E-state index contributed by atoms with van der Waals surface area (Å²) in [6, 6.07) is 6.51. The van der Waals surface area contributed by atoms with Crippen molar-refractivity contribution < 1.29 is 28.7 Å². The van der Waals surface area contributed by atoms with Crippen LogP contribution in [0.4, 0.5) is 0 Å². The molecule has 1 aliphatic heterocycles. The van der Waals surface area contributed by atoms with Crippen molar-refractivity contribution in [2.75, 3.05) is 19.8 Å². The summed E-state index contributed by atoms with van der Waals surface area (Å²) in [7, 11) is 0. The molecular weight excluding hydrogens is 326 g/mol. The first kappa shape index (κ1) is 18.6. The van der Waals surface area contributed by atoms with E-state index < -0.39 is 35.6 Å². The highest BCUT2D eigenvalue weighted by Crippen LogP contribution is 2.26. The number of imide groups is 1. The second-order valence-corrected chi connectivity index (χ2v) is 5.73. The van der Waals surface area contributed by atoms with Gasteiger partial charge in [0.2, 0.25) is 0 Å². The molecule has 25 heavy (non-hydrogen) atoms. The SMILES string of the molecule is CCOC(=O)C(C(=O)OCC)C(C)CN1C(=O)c2ccccc2C1=O. The fourth-order valence-corrected chi connectivity index (χ4v) is 2.82. The van der Waals surface area contributed by atoms with Crippen LogP contribution >= 0.6 is 0 Å². The van der Waals surface area contributed by atoms with Crippen LogP contribution in [0.2, 0.25) is 0 Å². The number of benzene rings is 1. The van der Waals surface area contributed by atoms with Crippen LogP contribution in [-0.4, -0.2) is 48.4 Å². The molecule has 1 atom stereocenters.